The Hall–Kier alpha value is -1.16. The van der Waals surface area contributed by atoms with Crippen LogP contribution in [0.25, 0.3) is 0 Å². The fraction of sp³-hybridized carbons (Fsp3) is 0.818. The largest absolute Gasteiger partial charge is 0.390 e. The lowest BCUT2D eigenvalue weighted by Crippen LogP contribution is -2.56. The lowest BCUT2D eigenvalue weighted by Gasteiger charge is -2.26. The summed E-state index contributed by atoms with van der Waals surface area (Å²) in [6, 6.07) is -1.10. The fourth-order valence-corrected chi connectivity index (χ4v) is 1.41. The molecule has 0 unspecified atom stereocenters. The van der Waals surface area contributed by atoms with Crippen LogP contribution in [0.5, 0.6) is 0 Å². The van der Waals surface area contributed by atoms with Gasteiger partial charge in [0.05, 0.1) is 0 Å². The fourth-order valence-electron chi connectivity index (χ4n) is 1.41. The summed E-state index contributed by atoms with van der Waals surface area (Å²) >= 11 is 0. The van der Waals surface area contributed by atoms with Crippen LogP contribution in [0.3, 0.4) is 0 Å². The Morgan fingerprint density at radius 3 is 2.15 bits per heavy atom. The minimum absolute atomic E-state index is 0.0862. The molecule has 9 heteroatoms. The lowest BCUT2D eigenvalue weighted by atomic mass is 9.95. The molecule has 0 radical (unpaired) electrons. The van der Waals surface area contributed by atoms with E-state index in [0.717, 1.165) is 0 Å². The van der Waals surface area contributed by atoms with Gasteiger partial charge >= 0.3 is 11.9 Å². The third-order valence-corrected chi connectivity index (χ3v) is 2.78. The Morgan fingerprint density at radius 2 is 1.70 bits per heavy atom. The molecule has 0 spiro atoms. The second-order valence-corrected chi connectivity index (χ2v) is 4.48. The van der Waals surface area contributed by atoms with E-state index in [1.165, 1.54) is 0 Å². The minimum Gasteiger partial charge on any atom is -0.390 e. The molecule has 0 aliphatic carbocycles. The van der Waals surface area contributed by atoms with Crippen LogP contribution < -0.4 is 22.9 Å². The first kappa shape index (κ1) is 18.8. The van der Waals surface area contributed by atoms with Crippen LogP contribution in [-0.2, 0) is 14.3 Å². The van der Waals surface area contributed by atoms with Crippen molar-refractivity contribution in [1.29, 1.82) is 0 Å². The van der Waals surface area contributed by atoms with E-state index in [-0.39, 0.29) is 25.8 Å². The summed E-state index contributed by atoms with van der Waals surface area (Å²) in [5, 5.41) is 0. The first-order chi connectivity index (χ1) is 9.29. The topological polar surface area (TPSA) is 147 Å². The van der Waals surface area contributed by atoms with Gasteiger partial charge in [-0.15, -0.1) is 0 Å². The zero-order valence-corrected chi connectivity index (χ0v) is 11.2. The first-order valence-corrected chi connectivity index (χ1v) is 6.28. The molecule has 7 nitrogen and oxygen atoms in total. The highest BCUT2D eigenvalue weighted by Crippen LogP contribution is 2.21. The van der Waals surface area contributed by atoms with E-state index in [1.54, 1.807) is 0 Å². The van der Waals surface area contributed by atoms with Gasteiger partial charge in [-0.3, -0.25) is 0 Å². The summed E-state index contributed by atoms with van der Waals surface area (Å²) in [6.45, 7) is 0.395. The predicted molar refractivity (Wildman–Crippen MR) is 68.6 cm³/mol. The SMILES string of the molecule is NCCC[C@@H](N)C(=O)OC(=O)[C@](N)(CCCN)C(F)F. The third kappa shape index (κ3) is 5.45. The second-order valence-electron chi connectivity index (χ2n) is 4.48. The molecule has 2 atom stereocenters. The van der Waals surface area contributed by atoms with Crippen LogP contribution in [0.1, 0.15) is 25.7 Å². The molecule has 0 fully saturated rings. The zero-order valence-electron chi connectivity index (χ0n) is 11.2. The first-order valence-electron chi connectivity index (χ1n) is 6.28. The Labute approximate surface area is 116 Å². The van der Waals surface area contributed by atoms with Crippen molar-refractivity contribution in [2.75, 3.05) is 13.1 Å². The molecule has 0 aliphatic rings. The van der Waals surface area contributed by atoms with Crippen molar-refractivity contribution in [3.63, 3.8) is 0 Å². The Balaban J connectivity index is 4.64. The van der Waals surface area contributed by atoms with E-state index in [2.05, 4.69) is 4.74 Å². The summed E-state index contributed by atoms with van der Waals surface area (Å²) in [6.07, 6.45) is -2.82. The van der Waals surface area contributed by atoms with Crippen molar-refractivity contribution in [3.8, 4) is 0 Å². The molecular weight excluding hydrogens is 274 g/mol. The summed E-state index contributed by atoms with van der Waals surface area (Å²) in [5.74, 6) is -2.58. The molecule has 118 valence electrons. The van der Waals surface area contributed by atoms with Gasteiger partial charge in [0.1, 0.15) is 6.04 Å². The zero-order chi connectivity index (χ0) is 15.8. The van der Waals surface area contributed by atoms with Gasteiger partial charge in [-0.2, -0.15) is 0 Å². The highest BCUT2D eigenvalue weighted by atomic mass is 19.3. The number of hydrogen-bond donors (Lipinski definition) is 4. The molecule has 0 saturated carbocycles. The van der Waals surface area contributed by atoms with E-state index >= 15 is 0 Å². The molecule has 0 aromatic carbocycles. The normalized spacial score (nSPS) is 15.8. The number of rotatable bonds is 9. The monoisotopic (exact) mass is 296 g/mol. The van der Waals surface area contributed by atoms with Gasteiger partial charge in [-0.25, -0.2) is 18.4 Å². The van der Waals surface area contributed by atoms with E-state index in [1.807, 2.05) is 0 Å². The van der Waals surface area contributed by atoms with Gasteiger partial charge < -0.3 is 27.7 Å². The number of nitrogens with two attached hydrogens (primary N) is 4. The quantitative estimate of drug-likeness (QED) is 0.309. The van der Waals surface area contributed by atoms with E-state index in [4.69, 9.17) is 22.9 Å². The summed E-state index contributed by atoms with van der Waals surface area (Å²) < 4.78 is 30.1. The van der Waals surface area contributed by atoms with Crippen molar-refractivity contribution >= 4 is 11.9 Å². The highest BCUT2D eigenvalue weighted by molar-refractivity contribution is 5.93. The van der Waals surface area contributed by atoms with Crippen LogP contribution in [-0.4, -0.2) is 43.0 Å². The van der Waals surface area contributed by atoms with Crippen LogP contribution in [0.2, 0.25) is 0 Å². The van der Waals surface area contributed by atoms with Crippen LogP contribution >= 0.6 is 0 Å². The van der Waals surface area contributed by atoms with Crippen molar-refractivity contribution in [2.24, 2.45) is 22.9 Å². The van der Waals surface area contributed by atoms with Gasteiger partial charge in [-0.05, 0) is 38.8 Å². The van der Waals surface area contributed by atoms with E-state index in [9.17, 15) is 18.4 Å². The number of hydrogen-bond acceptors (Lipinski definition) is 7. The predicted octanol–water partition coefficient (Wildman–Crippen LogP) is -1.18. The number of esters is 2. The summed E-state index contributed by atoms with van der Waals surface area (Å²) in [7, 11) is 0. The smallest absolute Gasteiger partial charge is 0.339 e. The second kappa shape index (κ2) is 8.90. The van der Waals surface area contributed by atoms with Crippen molar-refractivity contribution in [2.45, 2.75) is 43.7 Å². The average molecular weight is 296 g/mol. The standard InChI is InChI=1S/C11H22F2N4O3/c12-9(13)11(17,4-2-6-15)10(19)20-8(18)7(16)3-1-5-14/h7,9H,1-6,14-17H2/t7-,11+/m1/s1. The molecule has 0 saturated heterocycles. The molecule has 8 N–H and O–H groups in total. The molecule has 0 heterocycles. The van der Waals surface area contributed by atoms with Gasteiger partial charge in [0.15, 0.2) is 5.54 Å². The summed E-state index contributed by atoms with van der Waals surface area (Å²) in [5.41, 5.74) is 18.6. The van der Waals surface area contributed by atoms with E-state index < -0.39 is 29.9 Å². The molecular formula is C11H22F2N4O3. The van der Waals surface area contributed by atoms with Gasteiger partial charge in [0.2, 0.25) is 0 Å². The van der Waals surface area contributed by atoms with Crippen molar-refractivity contribution in [3.05, 3.63) is 0 Å². The minimum atomic E-state index is -3.17. The maximum atomic E-state index is 12.9. The highest BCUT2D eigenvalue weighted by Gasteiger charge is 2.45. The van der Waals surface area contributed by atoms with E-state index in [0.29, 0.717) is 13.0 Å². The third-order valence-electron chi connectivity index (χ3n) is 2.78. The van der Waals surface area contributed by atoms with Crippen molar-refractivity contribution in [1.82, 2.24) is 0 Å². The number of carbonyl (C=O) groups excluding carboxylic acids is 2. The molecule has 0 rings (SSSR count). The van der Waals surface area contributed by atoms with Crippen LogP contribution in [0.4, 0.5) is 8.78 Å². The number of ether oxygens (including phenoxy) is 1. The van der Waals surface area contributed by atoms with Gasteiger partial charge in [0.25, 0.3) is 6.43 Å². The summed E-state index contributed by atoms with van der Waals surface area (Å²) in [4.78, 5) is 23.1. The molecule has 20 heavy (non-hydrogen) atoms. The Bertz CT molecular complexity index is 331. The number of alkyl halides is 2. The van der Waals surface area contributed by atoms with Gasteiger partial charge in [-0.1, -0.05) is 0 Å². The van der Waals surface area contributed by atoms with Crippen LogP contribution in [0.15, 0.2) is 0 Å². The Kier molecular flexibility index (Phi) is 8.39. The molecule has 0 aromatic rings. The lowest BCUT2D eigenvalue weighted by molar-refractivity contribution is -0.169. The van der Waals surface area contributed by atoms with Gasteiger partial charge in [0, 0.05) is 0 Å². The maximum absolute atomic E-state index is 12.9. The molecule has 0 aromatic heterocycles. The average Bonchev–Trinajstić information content (AvgIpc) is 2.41. The number of carbonyl (C=O) groups is 2. The van der Waals surface area contributed by atoms with Crippen molar-refractivity contribution < 1.29 is 23.1 Å². The maximum Gasteiger partial charge on any atom is 0.339 e. The Morgan fingerprint density at radius 1 is 1.15 bits per heavy atom. The molecule has 0 amide bonds. The van der Waals surface area contributed by atoms with Crippen LogP contribution in [0, 0.1) is 0 Å². The molecule has 0 aliphatic heterocycles. The number of halogens is 2. The molecule has 0 bridgehead atoms.